The Balaban J connectivity index is 2.21. The molecule has 2 atom stereocenters. The molecule has 1 heterocycles. The highest BCUT2D eigenvalue weighted by Crippen LogP contribution is 2.23. The Kier molecular flexibility index (Phi) is 4.42. The van der Waals surface area contributed by atoms with Gasteiger partial charge in [-0.05, 0) is 51.7 Å². The second kappa shape index (κ2) is 5.88. The third-order valence-corrected chi connectivity index (χ3v) is 4.05. The number of rotatable bonds is 3. The summed E-state index contributed by atoms with van der Waals surface area (Å²) in [6.07, 6.45) is 0. The maximum Gasteiger partial charge on any atom is 0.125 e. The van der Waals surface area contributed by atoms with E-state index in [0.717, 1.165) is 24.3 Å². The van der Waals surface area contributed by atoms with Gasteiger partial charge in [0.25, 0.3) is 0 Å². The molecule has 0 bridgehead atoms. The first-order valence-corrected chi connectivity index (χ1v) is 6.92. The summed E-state index contributed by atoms with van der Waals surface area (Å²) >= 11 is 0. The molecular formula is C15H24FN3. The van der Waals surface area contributed by atoms with Gasteiger partial charge in [0.15, 0.2) is 0 Å². The Morgan fingerprint density at radius 2 is 1.84 bits per heavy atom. The molecule has 2 rings (SSSR count). The van der Waals surface area contributed by atoms with Crippen LogP contribution in [0.25, 0.3) is 0 Å². The summed E-state index contributed by atoms with van der Waals surface area (Å²) in [7, 11) is 4.04. The van der Waals surface area contributed by atoms with Crippen molar-refractivity contribution < 1.29 is 4.39 Å². The van der Waals surface area contributed by atoms with Crippen LogP contribution in [0.5, 0.6) is 0 Å². The van der Waals surface area contributed by atoms with E-state index in [-0.39, 0.29) is 5.82 Å². The number of hydrogen-bond acceptors (Lipinski definition) is 3. The fourth-order valence-electron chi connectivity index (χ4n) is 2.74. The normalized spacial score (nSPS) is 24.8. The Hall–Kier alpha value is -1.13. The quantitative estimate of drug-likeness (QED) is 0.902. The lowest BCUT2D eigenvalue weighted by Gasteiger charge is -2.43. The highest BCUT2D eigenvalue weighted by molar-refractivity contribution is 5.50. The van der Waals surface area contributed by atoms with Crippen LogP contribution in [0.3, 0.4) is 0 Å². The summed E-state index contributed by atoms with van der Waals surface area (Å²) in [4.78, 5) is 4.67. The maximum atomic E-state index is 13.7. The first-order valence-electron chi connectivity index (χ1n) is 6.92. The molecular weight excluding hydrogens is 241 g/mol. The molecule has 1 aromatic rings. The highest BCUT2D eigenvalue weighted by atomic mass is 19.1. The van der Waals surface area contributed by atoms with Crippen LogP contribution in [0, 0.1) is 5.82 Å². The summed E-state index contributed by atoms with van der Waals surface area (Å²) in [6.45, 7) is 7.03. The molecule has 0 aromatic heterocycles. The maximum absolute atomic E-state index is 13.7. The number of hydrogen-bond donors (Lipinski definition) is 1. The average Bonchev–Trinajstić information content (AvgIpc) is 2.35. The summed E-state index contributed by atoms with van der Waals surface area (Å²) < 4.78 is 13.7. The molecule has 19 heavy (non-hydrogen) atoms. The number of piperazine rings is 1. The van der Waals surface area contributed by atoms with E-state index in [9.17, 15) is 4.39 Å². The molecule has 106 valence electrons. The number of anilines is 1. The Morgan fingerprint density at radius 1 is 1.21 bits per heavy atom. The van der Waals surface area contributed by atoms with Crippen molar-refractivity contribution in [1.29, 1.82) is 0 Å². The van der Waals surface area contributed by atoms with Gasteiger partial charge < -0.3 is 10.2 Å². The van der Waals surface area contributed by atoms with Crippen LogP contribution in [0.1, 0.15) is 19.4 Å². The van der Waals surface area contributed by atoms with Gasteiger partial charge in [-0.1, -0.05) is 0 Å². The summed E-state index contributed by atoms with van der Waals surface area (Å²) in [5.74, 6) is -0.151. The summed E-state index contributed by atoms with van der Waals surface area (Å²) in [6, 6.07) is 6.30. The predicted octanol–water partition coefficient (Wildman–Crippen LogP) is 2.07. The van der Waals surface area contributed by atoms with Crippen molar-refractivity contribution in [2.24, 2.45) is 0 Å². The fraction of sp³-hybridized carbons (Fsp3) is 0.600. The van der Waals surface area contributed by atoms with Crippen molar-refractivity contribution in [3.05, 3.63) is 29.6 Å². The predicted molar refractivity (Wildman–Crippen MR) is 78.1 cm³/mol. The van der Waals surface area contributed by atoms with E-state index >= 15 is 0 Å². The third-order valence-electron chi connectivity index (χ3n) is 4.05. The van der Waals surface area contributed by atoms with Gasteiger partial charge in [0.2, 0.25) is 0 Å². The molecule has 1 fully saturated rings. The lowest BCUT2D eigenvalue weighted by Crippen LogP contribution is -2.55. The molecule has 0 aliphatic carbocycles. The molecule has 0 amide bonds. The second-order valence-corrected chi connectivity index (χ2v) is 5.62. The first kappa shape index (κ1) is 14.3. The molecule has 0 radical (unpaired) electrons. The Morgan fingerprint density at radius 3 is 2.42 bits per heavy atom. The zero-order valence-corrected chi connectivity index (χ0v) is 12.3. The summed E-state index contributed by atoms with van der Waals surface area (Å²) in [5, 5.41) is 3.07. The third kappa shape index (κ3) is 3.25. The van der Waals surface area contributed by atoms with Crippen LogP contribution in [0.4, 0.5) is 10.1 Å². The van der Waals surface area contributed by atoms with Crippen molar-refractivity contribution in [2.75, 3.05) is 32.1 Å². The van der Waals surface area contributed by atoms with E-state index in [1.54, 1.807) is 12.1 Å². The van der Waals surface area contributed by atoms with E-state index in [4.69, 9.17) is 0 Å². The highest BCUT2D eigenvalue weighted by Gasteiger charge is 2.26. The molecule has 0 saturated carbocycles. The molecule has 1 N–H and O–H groups in total. The lowest BCUT2D eigenvalue weighted by molar-refractivity contribution is 0.170. The van der Waals surface area contributed by atoms with Gasteiger partial charge in [-0.2, -0.15) is 0 Å². The van der Waals surface area contributed by atoms with E-state index in [2.05, 4.69) is 42.1 Å². The Labute approximate surface area is 115 Å². The molecule has 1 aliphatic rings. The average molecular weight is 265 g/mol. The molecule has 0 spiro atoms. The largest absolute Gasteiger partial charge is 0.368 e. The lowest BCUT2D eigenvalue weighted by atomic mass is 10.1. The van der Waals surface area contributed by atoms with Crippen molar-refractivity contribution in [1.82, 2.24) is 10.2 Å². The standard InChI is InChI=1S/C15H24FN3/c1-11-9-19(10-12(2)18(11)4)15-6-13(8-17-3)5-14(16)7-15/h5-7,11-12,17H,8-10H2,1-4H3. The minimum atomic E-state index is -0.151. The van der Waals surface area contributed by atoms with Crippen LogP contribution in [-0.4, -0.2) is 44.2 Å². The SMILES string of the molecule is CNCc1cc(F)cc(N2CC(C)N(C)C(C)C2)c1. The van der Waals surface area contributed by atoms with Crippen LogP contribution in [0.2, 0.25) is 0 Å². The van der Waals surface area contributed by atoms with E-state index in [1.165, 1.54) is 0 Å². The van der Waals surface area contributed by atoms with Gasteiger partial charge in [-0.25, -0.2) is 4.39 Å². The number of likely N-dealkylation sites (N-methyl/N-ethyl adjacent to an activating group) is 1. The van der Waals surface area contributed by atoms with Crippen molar-refractivity contribution in [3.63, 3.8) is 0 Å². The Bertz CT molecular complexity index is 423. The van der Waals surface area contributed by atoms with Gasteiger partial charge in [-0.15, -0.1) is 0 Å². The molecule has 1 saturated heterocycles. The van der Waals surface area contributed by atoms with Crippen molar-refractivity contribution in [3.8, 4) is 0 Å². The van der Waals surface area contributed by atoms with Gasteiger partial charge in [-0.3, -0.25) is 4.90 Å². The number of nitrogens with one attached hydrogen (secondary N) is 1. The summed E-state index contributed by atoms with van der Waals surface area (Å²) in [5.41, 5.74) is 1.99. The minimum Gasteiger partial charge on any atom is -0.368 e. The van der Waals surface area contributed by atoms with E-state index in [0.29, 0.717) is 18.6 Å². The number of nitrogens with zero attached hydrogens (tertiary/aromatic N) is 2. The van der Waals surface area contributed by atoms with Crippen molar-refractivity contribution >= 4 is 5.69 Å². The molecule has 3 nitrogen and oxygen atoms in total. The molecule has 2 unspecified atom stereocenters. The topological polar surface area (TPSA) is 18.5 Å². The smallest absolute Gasteiger partial charge is 0.125 e. The zero-order chi connectivity index (χ0) is 14.0. The zero-order valence-electron chi connectivity index (χ0n) is 12.3. The van der Waals surface area contributed by atoms with Gasteiger partial charge >= 0.3 is 0 Å². The van der Waals surface area contributed by atoms with Gasteiger partial charge in [0.1, 0.15) is 5.82 Å². The van der Waals surface area contributed by atoms with E-state index < -0.39 is 0 Å². The minimum absolute atomic E-state index is 0.151. The monoisotopic (exact) mass is 265 g/mol. The van der Waals surface area contributed by atoms with E-state index in [1.807, 2.05) is 7.05 Å². The van der Waals surface area contributed by atoms with Crippen LogP contribution < -0.4 is 10.2 Å². The first-order chi connectivity index (χ1) is 9.01. The molecule has 1 aliphatic heterocycles. The van der Waals surface area contributed by atoms with Crippen molar-refractivity contribution in [2.45, 2.75) is 32.5 Å². The second-order valence-electron chi connectivity index (χ2n) is 5.62. The molecule has 4 heteroatoms. The number of benzene rings is 1. The number of halogens is 1. The van der Waals surface area contributed by atoms with Gasteiger partial charge in [0, 0.05) is 37.4 Å². The fourth-order valence-corrected chi connectivity index (χ4v) is 2.74. The van der Waals surface area contributed by atoms with Crippen LogP contribution >= 0.6 is 0 Å². The van der Waals surface area contributed by atoms with Crippen LogP contribution in [-0.2, 0) is 6.54 Å². The van der Waals surface area contributed by atoms with Crippen LogP contribution in [0.15, 0.2) is 18.2 Å². The van der Waals surface area contributed by atoms with Gasteiger partial charge in [0.05, 0.1) is 0 Å². The molecule has 1 aromatic carbocycles.